The molecule has 0 saturated heterocycles. The molecule has 1 aromatic rings. The van der Waals surface area contributed by atoms with Crippen molar-refractivity contribution < 1.29 is 0 Å². The Morgan fingerprint density at radius 2 is 2.18 bits per heavy atom. The standard InChI is InChI=1S/C8H12N2S/c1-11-8-3-2-7(10)4-6(8)5-9/h2-4H,5,9-10H2,1H3. The molecule has 0 spiro atoms. The molecule has 1 aromatic carbocycles. The number of anilines is 1. The van der Waals surface area contributed by atoms with E-state index < -0.39 is 0 Å². The van der Waals surface area contributed by atoms with Crippen molar-refractivity contribution in [3.63, 3.8) is 0 Å². The molecule has 0 unspecified atom stereocenters. The van der Waals surface area contributed by atoms with Crippen LogP contribution in [0.5, 0.6) is 0 Å². The zero-order valence-corrected chi connectivity index (χ0v) is 7.32. The fraction of sp³-hybridized carbons (Fsp3) is 0.250. The minimum atomic E-state index is 0.557. The number of hydrogen-bond donors (Lipinski definition) is 2. The van der Waals surface area contributed by atoms with Gasteiger partial charge in [-0.25, -0.2) is 0 Å². The Morgan fingerprint density at radius 3 is 2.73 bits per heavy atom. The first kappa shape index (κ1) is 8.43. The van der Waals surface area contributed by atoms with E-state index in [4.69, 9.17) is 11.5 Å². The third-order valence-electron chi connectivity index (χ3n) is 1.52. The van der Waals surface area contributed by atoms with E-state index in [2.05, 4.69) is 0 Å². The van der Waals surface area contributed by atoms with Crippen molar-refractivity contribution in [3.05, 3.63) is 23.8 Å². The van der Waals surface area contributed by atoms with Crippen LogP contribution in [-0.2, 0) is 6.54 Å². The monoisotopic (exact) mass is 168 g/mol. The topological polar surface area (TPSA) is 52.0 Å². The van der Waals surface area contributed by atoms with Gasteiger partial charge in [0.05, 0.1) is 0 Å². The predicted octanol–water partition coefficient (Wildman–Crippen LogP) is 1.45. The van der Waals surface area contributed by atoms with Gasteiger partial charge in [-0.1, -0.05) is 0 Å². The highest BCUT2D eigenvalue weighted by Crippen LogP contribution is 2.21. The maximum Gasteiger partial charge on any atom is 0.0318 e. The van der Waals surface area contributed by atoms with Crippen molar-refractivity contribution in [2.75, 3.05) is 12.0 Å². The summed E-state index contributed by atoms with van der Waals surface area (Å²) in [5, 5.41) is 0. The molecule has 0 aliphatic rings. The molecule has 0 heterocycles. The van der Waals surface area contributed by atoms with Gasteiger partial charge in [0, 0.05) is 17.1 Å². The molecule has 0 atom stereocenters. The summed E-state index contributed by atoms with van der Waals surface area (Å²) < 4.78 is 0. The molecular weight excluding hydrogens is 156 g/mol. The Balaban J connectivity index is 3.06. The molecule has 2 nitrogen and oxygen atoms in total. The van der Waals surface area contributed by atoms with Crippen LogP contribution in [0.15, 0.2) is 23.1 Å². The van der Waals surface area contributed by atoms with Gasteiger partial charge in [0.25, 0.3) is 0 Å². The summed E-state index contributed by atoms with van der Waals surface area (Å²) in [5.41, 5.74) is 13.0. The van der Waals surface area contributed by atoms with Crippen molar-refractivity contribution in [3.8, 4) is 0 Å². The molecule has 0 bridgehead atoms. The van der Waals surface area contributed by atoms with Gasteiger partial charge in [0.15, 0.2) is 0 Å². The summed E-state index contributed by atoms with van der Waals surface area (Å²) in [7, 11) is 0. The van der Waals surface area contributed by atoms with E-state index in [9.17, 15) is 0 Å². The summed E-state index contributed by atoms with van der Waals surface area (Å²) in [6, 6.07) is 5.82. The number of rotatable bonds is 2. The summed E-state index contributed by atoms with van der Waals surface area (Å²) in [6.07, 6.45) is 2.03. The quantitative estimate of drug-likeness (QED) is 0.519. The van der Waals surface area contributed by atoms with E-state index in [1.54, 1.807) is 11.8 Å². The third-order valence-corrected chi connectivity index (χ3v) is 2.36. The molecule has 4 N–H and O–H groups in total. The predicted molar refractivity (Wildman–Crippen MR) is 50.5 cm³/mol. The van der Waals surface area contributed by atoms with Crippen molar-refractivity contribution in [1.29, 1.82) is 0 Å². The highest BCUT2D eigenvalue weighted by Gasteiger charge is 1.98. The lowest BCUT2D eigenvalue weighted by molar-refractivity contribution is 1.03. The lowest BCUT2D eigenvalue weighted by atomic mass is 10.2. The summed E-state index contributed by atoms with van der Waals surface area (Å²) in [4.78, 5) is 1.21. The Kier molecular flexibility index (Phi) is 2.79. The molecule has 0 saturated carbocycles. The fourth-order valence-corrected chi connectivity index (χ4v) is 1.57. The van der Waals surface area contributed by atoms with E-state index in [1.807, 2.05) is 24.5 Å². The zero-order chi connectivity index (χ0) is 8.27. The van der Waals surface area contributed by atoms with Crippen molar-refractivity contribution in [2.24, 2.45) is 5.73 Å². The van der Waals surface area contributed by atoms with Gasteiger partial charge in [0.1, 0.15) is 0 Å². The van der Waals surface area contributed by atoms with Gasteiger partial charge < -0.3 is 11.5 Å². The maximum atomic E-state index is 5.59. The largest absolute Gasteiger partial charge is 0.399 e. The minimum absolute atomic E-state index is 0.557. The number of nitrogens with two attached hydrogens (primary N) is 2. The number of thioether (sulfide) groups is 1. The van der Waals surface area contributed by atoms with Gasteiger partial charge in [-0.2, -0.15) is 0 Å². The normalized spacial score (nSPS) is 10.0. The first-order chi connectivity index (χ1) is 5.27. The highest BCUT2D eigenvalue weighted by atomic mass is 32.2. The summed E-state index contributed by atoms with van der Waals surface area (Å²) in [6.45, 7) is 0.557. The third kappa shape index (κ3) is 1.88. The molecule has 3 heteroatoms. The van der Waals surface area contributed by atoms with Gasteiger partial charge in [-0.3, -0.25) is 0 Å². The first-order valence-electron chi connectivity index (χ1n) is 3.40. The van der Waals surface area contributed by atoms with Crippen molar-refractivity contribution in [2.45, 2.75) is 11.4 Å². The SMILES string of the molecule is CSc1ccc(N)cc1CN. The van der Waals surface area contributed by atoms with Crippen LogP contribution in [0.4, 0.5) is 5.69 Å². The minimum Gasteiger partial charge on any atom is -0.399 e. The van der Waals surface area contributed by atoms with E-state index in [-0.39, 0.29) is 0 Å². The lowest BCUT2D eigenvalue weighted by Crippen LogP contribution is -1.99. The molecule has 11 heavy (non-hydrogen) atoms. The Bertz CT molecular complexity index is 248. The molecule has 0 fully saturated rings. The van der Waals surface area contributed by atoms with Crippen LogP contribution in [0.2, 0.25) is 0 Å². The first-order valence-corrected chi connectivity index (χ1v) is 4.63. The molecule has 0 aromatic heterocycles. The molecule has 1 rings (SSSR count). The van der Waals surface area contributed by atoms with Gasteiger partial charge in [-0.05, 0) is 30.0 Å². The lowest BCUT2D eigenvalue weighted by Gasteiger charge is -2.04. The van der Waals surface area contributed by atoms with Crippen LogP contribution in [0.1, 0.15) is 5.56 Å². The second kappa shape index (κ2) is 3.64. The van der Waals surface area contributed by atoms with Crippen molar-refractivity contribution in [1.82, 2.24) is 0 Å². The van der Waals surface area contributed by atoms with E-state index in [0.29, 0.717) is 6.54 Å². The molecule has 60 valence electrons. The van der Waals surface area contributed by atoms with Gasteiger partial charge in [0.2, 0.25) is 0 Å². The van der Waals surface area contributed by atoms with Crippen LogP contribution in [0.3, 0.4) is 0 Å². The fourth-order valence-electron chi connectivity index (χ4n) is 0.958. The number of benzene rings is 1. The van der Waals surface area contributed by atoms with Gasteiger partial charge >= 0.3 is 0 Å². The molecule has 0 amide bonds. The molecule has 0 aliphatic carbocycles. The van der Waals surface area contributed by atoms with E-state index in [1.165, 1.54) is 4.90 Å². The number of nitrogen functional groups attached to an aromatic ring is 1. The Morgan fingerprint density at radius 1 is 1.45 bits per heavy atom. The van der Waals surface area contributed by atoms with Gasteiger partial charge in [-0.15, -0.1) is 11.8 Å². The van der Waals surface area contributed by atoms with Crippen LogP contribution in [0, 0.1) is 0 Å². The van der Waals surface area contributed by atoms with Crippen LogP contribution < -0.4 is 11.5 Å². The average molecular weight is 168 g/mol. The summed E-state index contributed by atoms with van der Waals surface area (Å²) >= 11 is 1.69. The molecule has 0 aliphatic heterocycles. The zero-order valence-electron chi connectivity index (χ0n) is 6.50. The van der Waals surface area contributed by atoms with E-state index in [0.717, 1.165) is 11.3 Å². The van der Waals surface area contributed by atoms with Crippen LogP contribution >= 0.6 is 11.8 Å². The molecule has 0 radical (unpaired) electrons. The summed E-state index contributed by atoms with van der Waals surface area (Å²) in [5.74, 6) is 0. The van der Waals surface area contributed by atoms with Crippen molar-refractivity contribution >= 4 is 17.4 Å². The number of hydrogen-bond acceptors (Lipinski definition) is 3. The molecular formula is C8H12N2S. The average Bonchev–Trinajstić information content (AvgIpc) is 2.04. The highest BCUT2D eigenvalue weighted by molar-refractivity contribution is 7.98. The smallest absolute Gasteiger partial charge is 0.0318 e. The van der Waals surface area contributed by atoms with Crippen LogP contribution in [0.25, 0.3) is 0 Å². The van der Waals surface area contributed by atoms with E-state index >= 15 is 0 Å². The maximum absolute atomic E-state index is 5.59. The Labute approximate surface area is 71.0 Å². The second-order valence-corrected chi connectivity index (χ2v) is 3.12. The second-order valence-electron chi connectivity index (χ2n) is 2.28. The Hall–Kier alpha value is -0.670. The van der Waals surface area contributed by atoms with Crippen LogP contribution in [-0.4, -0.2) is 6.26 Å².